The molecular weight excluding hydrogens is 270 g/mol. The van der Waals surface area contributed by atoms with E-state index in [1.807, 2.05) is 6.92 Å². The van der Waals surface area contributed by atoms with Gasteiger partial charge in [-0.3, -0.25) is 9.59 Å². The van der Waals surface area contributed by atoms with Crippen molar-refractivity contribution >= 4 is 17.5 Å². The van der Waals surface area contributed by atoms with Gasteiger partial charge in [0.05, 0.1) is 5.69 Å². The van der Waals surface area contributed by atoms with E-state index in [2.05, 4.69) is 15.6 Å². The molecule has 0 fully saturated rings. The zero-order valence-electron chi connectivity index (χ0n) is 12.4. The van der Waals surface area contributed by atoms with Crippen molar-refractivity contribution in [3.63, 3.8) is 0 Å². The molecule has 112 valence electrons. The van der Waals surface area contributed by atoms with E-state index < -0.39 is 0 Å². The molecule has 2 amide bonds. The normalized spacial score (nSPS) is 10.4. The molecule has 0 aromatic carbocycles. The number of aromatic nitrogens is 3. The molecule has 2 rings (SSSR count). The van der Waals surface area contributed by atoms with Gasteiger partial charge in [0, 0.05) is 39.2 Å². The van der Waals surface area contributed by atoms with E-state index in [0.29, 0.717) is 23.8 Å². The standard InChI is InChI=1S/C14H19N5O2/c1-4-5-16-13(20)11-8-10(9-19(11)3)17-14(21)12-15-6-7-18(12)2/h6-9H,4-5H2,1-3H3,(H,16,20)(H,17,21). The van der Waals surface area contributed by atoms with Gasteiger partial charge in [0.2, 0.25) is 0 Å². The van der Waals surface area contributed by atoms with E-state index in [4.69, 9.17) is 0 Å². The first-order valence-corrected chi connectivity index (χ1v) is 6.76. The summed E-state index contributed by atoms with van der Waals surface area (Å²) in [5.74, 6) is -0.152. The summed E-state index contributed by atoms with van der Waals surface area (Å²) in [4.78, 5) is 28.0. The van der Waals surface area contributed by atoms with Crippen LogP contribution in [0.5, 0.6) is 0 Å². The fourth-order valence-corrected chi connectivity index (χ4v) is 1.96. The molecule has 2 aromatic heterocycles. The molecule has 0 aliphatic rings. The highest BCUT2D eigenvalue weighted by molar-refractivity contribution is 6.03. The summed E-state index contributed by atoms with van der Waals surface area (Å²) >= 11 is 0. The molecular formula is C14H19N5O2. The van der Waals surface area contributed by atoms with Gasteiger partial charge in [-0.15, -0.1) is 0 Å². The molecule has 0 bridgehead atoms. The third kappa shape index (κ3) is 3.31. The van der Waals surface area contributed by atoms with Crippen molar-refractivity contribution in [3.8, 4) is 0 Å². The summed E-state index contributed by atoms with van der Waals surface area (Å²) in [6.07, 6.45) is 5.83. The lowest BCUT2D eigenvalue weighted by atomic mass is 10.3. The minimum absolute atomic E-state index is 0.156. The quantitative estimate of drug-likeness (QED) is 0.866. The predicted octanol–water partition coefficient (Wildman–Crippen LogP) is 1.15. The van der Waals surface area contributed by atoms with Crippen LogP contribution < -0.4 is 10.6 Å². The number of anilines is 1. The zero-order chi connectivity index (χ0) is 15.4. The van der Waals surface area contributed by atoms with E-state index >= 15 is 0 Å². The molecule has 21 heavy (non-hydrogen) atoms. The molecule has 0 radical (unpaired) electrons. The van der Waals surface area contributed by atoms with Crippen LogP contribution in [0.25, 0.3) is 0 Å². The second-order valence-electron chi connectivity index (χ2n) is 4.80. The van der Waals surface area contributed by atoms with Gasteiger partial charge in [-0.2, -0.15) is 0 Å². The molecule has 0 spiro atoms. The topological polar surface area (TPSA) is 81.0 Å². The number of nitrogens with one attached hydrogen (secondary N) is 2. The minimum atomic E-state index is -0.311. The lowest BCUT2D eigenvalue weighted by Crippen LogP contribution is -2.25. The molecule has 7 nitrogen and oxygen atoms in total. The van der Waals surface area contributed by atoms with Crippen molar-refractivity contribution in [1.82, 2.24) is 19.4 Å². The molecule has 0 atom stereocenters. The van der Waals surface area contributed by atoms with Crippen LogP contribution in [0.4, 0.5) is 5.69 Å². The van der Waals surface area contributed by atoms with Crippen molar-refractivity contribution < 1.29 is 9.59 Å². The number of aryl methyl sites for hydroxylation is 2. The number of carbonyl (C=O) groups is 2. The summed E-state index contributed by atoms with van der Waals surface area (Å²) in [5.41, 5.74) is 1.06. The molecule has 7 heteroatoms. The van der Waals surface area contributed by atoms with Crippen LogP contribution in [0.1, 0.15) is 34.5 Å². The third-order valence-electron chi connectivity index (χ3n) is 3.06. The van der Waals surface area contributed by atoms with Crippen molar-refractivity contribution in [2.75, 3.05) is 11.9 Å². The maximum Gasteiger partial charge on any atom is 0.291 e. The number of amides is 2. The highest BCUT2D eigenvalue weighted by Gasteiger charge is 2.15. The Morgan fingerprint density at radius 1 is 1.24 bits per heavy atom. The summed E-state index contributed by atoms with van der Waals surface area (Å²) in [5, 5.41) is 5.54. The Labute approximate surface area is 123 Å². The minimum Gasteiger partial charge on any atom is -0.351 e. The first-order chi connectivity index (χ1) is 10.0. The smallest absolute Gasteiger partial charge is 0.291 e. The Hall–Kier alpha value is -2.57. The molecule has 0 unspecified atom stereocenters. The van der Waals surface area contributed by atoms with Crippen molar-refractivity contribution in [2.24, 2.45) is 14.1 Å². The van der Waals surface area contributed by atoms with Gasteiger partial charge in [0.25, 0.3) is 11.8 Å². The molecule has 2 N–H and O–H groups in total. The third-order valence-corrected chi connectivity index (χ3v) is 3.06. The Kier molecular flexibility index (Phi) is 4.42. The molecule has 2 aromatic rings. The van der Waals surface area contributed by atoms with E-state index in [1.54, 1.807) is 47.9 Å². The summed E-state index contributed by atoms with van der Waals surface area (Å²) in [6, 6.07) is 1.64. The first-order valence-electron chi connectivity index (χ1n) is 6.76. The number of carbonyl (C=O) groups excluding carboxylic acids is 2. The molecule has 0 saturated carbocycles. The van der Waals surface area contributed by atoms with Gasteiger partial charge in [-0.05, 0) is 12.5 Å². The number of hydrogen-bond acceptors (Lipinski definition) is 3. The fraction of sp³-hybridized carbons (Fsp3) is 0.357. The van der Waals surface area contributed by atoms with Gasteiger partial charge in [0.1, 0.15) is 5.69 Å². The molecule has 0 saturated heterocycles. The summed E-state index contributed by atoms with van der Waals surface area (Å²) in [7, 11) is 3.51. The SMILES string of the molecule is CCCNC(=O)c1cc(NC(=O)c2nccn2C)cn1C. The van der Waals surface area contributed by atoms with Gasteiger partial charge >= 0.3 is 0 Å². The largest absolute Gasteiger partial charge is 0.351 e. The zero-order valence-corrected chi connectivity index (χ0v) is 12.4. The number of nitrogens with zero attached hydrogens (tertiary/aromatic N) is 3. The first kappa shape index (κ1) is 14.8. The van der Waals surface area contributed by atoms with Crippen molar-refractivity contribution in [2.45, 2.75) is 13.3 Å². The maximum atomic E-state index is 12.1. The van der Waals surface area contributed by atoms with Crippen LogP contribution in [-0.4, -0.2) is 32.5 Å². The lowest BCUT2D eigenvalue weighted by molar-refractivity contribution is 0.0944. The number of hydrogen-bond donors (Lipinski definition) is 2. The Balaban J connectivity index is 2.10. The van der Waals surface area contributed by atoms with Crippen LogP contribution in [0.2, 0.25) is 0 Å². The Morgan fingerprint density at radius 3 is 2.62 bits per heavy atom. The van der Waals surface area contributed by atoms with Crippen LogP contribution in [0, 0.1) is 0 Å². The van der Waals surface area contributed by atoms with E-state index in [1.165, 1.54) is 0 Å². The highest BCUT2D eigenvalue weighted by atomic mass is 16.2. The predicted molar refractivity (Wildman–Crippen MR) is 79.2 cm³/mol. The Morgan fingerprint density at radius 2 is 2.00 bits per heavy atom. The highest BCUT2D eigenvalue weighted by Crippen LogP contribution is 2.14. The van der Waals surface area contributed by atoms with Gasteiger partial charge in [-0.1, -0.05) is 6.92 Å². The summed E-state index contributed by atoms with van der Waals surface area (Å²) in [6.45, 7) is 2.61. The average Bonchev–Trinajstić information content (AvgIpc) is 3.02. The second kappa shape index (κ2) is 6.25. The maximum absolute atomic E-state index is 12.1. The molecule has 2 heterocycles. The van der Waals surface area contributed by atoms with Gasteiger partial charge < -0.3 is 19.8 Å². The monoisotopic (exact) mass is 289 g/mol. The number of rotatable bonds is 5. The van der Waals surface area contributed by atoms with Gasteiger partial charge in [-0.25, -0.2) is 4.98 Å². The van der Waals surface area contributed by atoms with E-state index in [0.717, 1.165) is 6.42 Å². The van der Waals surface area contributed by atoms with E-state index in [-0.39, 0.29) is 11.8 Å². The number of imidazole rings is 1. The van der Waals surface area contributed by atoms with E-state index in [9.17, 15) is 9.59 Å². The molecule has 0 aliphatic carbocycles. The molecule has 0 aliphatic heterocycles. The lowest BCUT2D eigenvalue weighted by Gasteiger charge is -2.03. The van der Waals surface area contributed by atoms with Crippen LogP contribution in [0.15, 0.2) is 24.7 Å². The van der Waals surface area contributed by atoms with Crippen LogP contribution in [-0.2, 0) is 14.1 Å². The van der Waals surface area contributed by atoms with Gasteiger partial charge in [0.15, 0.2) is 5.82 Å². The average molecular weight is 289 g/mol. The van der Waals surface area contributed by atoms with Crippen molar-refractivity contribution in [3.05, 3.63) is 36.2 Å². The summed E-state index contributed by atoms with van der Waals surface area (Å²) < 4.78 is 3.31. The van der Waals surface area contributed by atoms with Crippen molar-refractivity contribution in [1.29, 1.82) is 0 Å². The van der Waals surface area contributed by atoms with Crippen LogP contribution in [0.3, 0.4) is 0 Å². The Bertz CT molecular complexity index is 656. The van der Waals surface area contributed by atoms with Crippen LogP contribution >= 0.6 is 0 Å². The fourth-order valence-electron chi connectivity index (χ4n) is 1.96. The second-order valence-corrected chi connectivity index (χ2v) is 4.80.